The van der Waals surface area contributed by atoms with E-state index in [1.807, 2.05) is 0 Å². The van der Waals surface area contributed by atoms with E-state index in [2.05, 4.69) is 22.0 Å². The summed E-state index contributed by atoms with van der Waals surface area (Å²) in [5.41, 5.74) is 0. The molecule has 3 rings (SSSR count). The summed E-state index contributed by atoms with van der Waals surface area (Å²) in [6.07, 6.45) is 3.69. The van der Waals surface area contributed by atoms with Crippen molar-refractivity contribution in [2.24, 2.45) is 17.8 Å². The van der Waals surface area contributed by atoms with Gasteiger partial charge in [-0.3, -0.25) is 4.79 Å². The number of carbonyl (C=O) groups excluding carboxylic acids is 1. The van der Waals surface area contributed by atoms with Crippen LogP contribution in [0.3, 0.4) is 0 Å². The monoisotopic (exact) mass is 301 g/mol. The van der Waals surface area contributed by atoms with Gasteiger partial charge in [-0.15, -0.1) is 12.4 Å². The molecule has 0 aromatic heterocycles. The van der Waals surface area contributed by atoms with Crippen LogP contribution in [0.5, 0.6) is 0 Å². The Morgan fingerprint density at radius 2 is 1.95 bits per heavy atom. The highest BCUT2D eigenvalue weighted by atomic mass is 35.5. The number of hydrogen-bond donors (Lipinski definition) is 1. The smallest absolute Gasteiger partial charge is 0.227 e. The van der Waals surface area contributed by atoms with E-state index in [1.165, 1.54) is 25.9 Å². The molecule has 5 heteroatoms. The zero-order valence-corrected chi connectivity index (χ0v) is 13.3. The summed E-state index contributed by atoms with van der Waals surface area (Å²) in [5, 5.41) is 3.32. The van der Waals surface area contributed by atoms with Gasteiger partial charge in [-0.2, -0.15) is 0 Å². The zero-order chi connectivity index (χ0) is 13.2. The lowest BCUT2D eigenvalue weighted by molar-refractivity contribution is -0.138. The molecule has 3 fully saturated rings. The van der Waals surface area contributed by atoms with Crippen LogP contribution in [0.2, 0.25) is 0 Å². The third kappa shape index (κ3) is 3.86. The third-order valence-electron chi connectivity index (χ3n) is 5.05. The molecule has 1 N–H and O–H groups in total. The normalized spacial score (nSPS) is 34.5. The van der Waals surface area contributed by atoms with Crippen LogP contribution in [-0.4, -0.2) is 61.5 Å². The Labute approximate surface area is 128 Å². The van der Waals surface area contributed by atoms with E-state index in [4.69, 9.17) is 0 Å². The number of piperazine rings is 1. The summed E-state index contributed by atoms with van der Waals surface area (Å²) in [6.45, 7) is 9.50. The molecule has 1 aliphatic carbocycles. The number of rotatable bonds is 3. The van der Waals surface area contributed by atoms with Gasteiger partial charge >= 0.3 is 0 Å². The predicted molar refractivity (Wildman–Crippen MR) is 83.1 cm³/mol. The molecule has 0 spiro atoms. The van der Waals surface area contributed by atoms with Crippen molar-refractivity contribution in [1.82, 2.24) is 15.1 Å². The zero-order valence-electron chi connectivity index (χ0n) is 12.5. The Morgan fingerprint density at radius 1 is 1.25 bits per heavy atom. The predicted octanol–water partition coefficient (Wildman–Crippen LogP) is 1.21. The lowest BCUT2D eigenvalue weighted by atomic mass is 9.96. The van der Waals surface area contributed by atoms with Crippen LogP contribution in [0.25, 0.3) is 0 Å². The number of hydrogen-bond acceptors (Lipinski definition) is 3. The van der Waals surface area contributed by atoms with Gasteiger partial charge in [0, 0.05) is 39.3 Å². The van der Waals surface area contributed by atoms with Gasteiger partial charge in [0.15, 0.2) is 0 Å². The molecule has 20 heavy (non-hydrogen) atoms. The molecule has 2 saturated heterocycles. The third-order valence-corrected chi connectivity index (χ3v) is 5.05. The maximum atomic E-state index is 12.5. The van der Waals surface area contributed by atoms with Crippen LogP contribution in [0.15, 0.2) is 0 Å². The molecule has 3 aliphatic rings. The van der Waals surface area contributed by atoms with Crippen LogP contribution >= 0.6 is 12.4 Å². The van der Waals surface area contributed by atoms with Crippen molar-refractivity contribution in [1.29, 1.82) is 0 Å². The van der Waals surface area contributed by atoms with Crippen molar-refractivity contribution in [2.75, 3.05) is 45.8 Å². The molecule has 1 saturated carbocycles. The van der Waals surface area contributed by atoms with Gasteiger partial charge in [0.05, 0.1) is 5.92 Å². The molecule has 116 valence electrons. The van der Waals surface area contributed by atoms with Crippen LogP contribution in [0.1, 0.15) is 26.2 Å². The maximum Gasteiger partial charge on any atom is 0.227 e. The van der Waals surface area contributed by atoms with Crippen LogP contribution < -0.4 is 5.32 Å². The second kappa shape index (κ2) is 7.10. The molecule has 0 aromatic carbocycles. The van der Waals surface area contributed by atoms with E-state index in [-0.39, 0.29) is 18.3 Å². The first kappa shape index (κ1) is 16.1. The van der Waals surface area contributed by atoms with E-state index in [0.29, 0.717) is 5.91 Å². The molecule has 3 unspecified atom stereocenters. The van der Waals surface area contributed by atoms with Gasteiger partial charge < -0.3 is 15.1 Å². The van der Waals surface area contributed by atoms with Crippen molar-refractivity contribution in [3.8, 4) is 0 Å². The summed E-state index contributed by atoms with van der Waals surface area (Å²) in [4.78, 5) is 17.2. The Kier molecular flexibility index (Phi) is 5.70. The van der Waals surface area contributed by atoms with Gasteiger partial charge in [-0.1, -0.05) is 6.92 Å². The fourth-order valence-electron chi connectivity index (χ4n) is 3.55. The number of nitrogens with zero attached hydrogens (tertiary/aromatic N) is 2. The van der Waals surface area contributed by atoms with E-state index in [0.717, 1.165) is 51.0 Å². The highest BCUT2D eigenvalue weighted by Crippen LogP contribution is 2.38. The number of amides is 1. The number of likely N-dealkylation sites (tertiary alicyclic amines) is 1. The fourth-order valence-corrected chi connectivity index (χ4v) is 3.55. The average Bonchev–Trinajstić information content (AvgIpc) is 3.14. The Hall–Kier alpha value is -0.320. The molecule has 0 bridgehead atoms. The minimum Gasteiger partial charge on any atom is -0.340 e. The molecule has 2 aliphatic heterocycles. The summed E-state index contributed by atoms with van der Waals surface area (Å²) in [7, 11) is 0. The Balaban J connectivity index is 0.00000147. The van der Waals surface area contributed by atoms with Gasteiger partial charge in [0.1, 0.15) is 0 Å². The highest BCUT2D eigenvalue weighted by molar-refractivity contribution is 5.85. The Morgan fingerprint density at radius 3 is 2.60 bits per heavy atom. The second-order valence-electron chi connectivity index (χ2n) is 6.65. The standard InChI is InChI=1S/C15H27N3O.ClH/c1-12-9-14(12)11-17-6-2-3-13(10-17)15(19)18-7-4-16-5-8-18;/h12-14,16H,2-11H2,1H3;1H. The molecule has 0 radical (unpaired) electrons. The van der Waals surface area contributed by atoms with E-state index in [1.54, 1.807) is 0 Å². The van der Waals surface area contributed by atoms with Crippen LogP contribution in [-0.2, 0) is 4.79 Å². The fraction of sp³-hybridized carbons (Fsp3) is 0.933. The highest BCUT2D eigenvalue weighted by Gasteiger charge is 2.36. The van der Waals surface area contributed by atoms with Crippen molar-refractivity contribution in [3.05, 3.63) is 0 Å². The molecule has 1 amide bonds. The molecule has 0 aromatic rings. The largest absolute Gasteiger partial charge is 0.340 e. The van der Waals surface area contributed by atoms with Gasteiger partial charge in [0.2, 0.25) is 5.91 Å². The molecule has 4 nitrogen and oxygen atoms in total. The lowest BCUT2D eigenvalue weighted by Crippen LogP contribution is -2.51. The van der Waals surface area contributed by atoms with Gasteiger partial charge in [-0.25, -0.2) is 0 Å². The van der Waals surface area contributed by atoms with Crippen molar-refractivity contribution in [3.63, 3.8) is 0 Å². The van der Waals surface area contributed by atoms with E-state index < -0.39 is 0 Å². The first-order chi connectivity index (χ1) is 9.24. The maximum absolute atomic E-state index is 12.5. The topological polar surface area (TPSA) is 35.6 Å². The SMILES string of the molecule is CC1CC1CN1CCCC(C(=O)N2CCNCC2)C1.Cl. The molecule has 2 heterocycles. The number of nitrogens with one attached hydrogen (secondary N) is 1. The van der Waals surface area contributed by atoms with Crippen LogP contribution in [0, 0.1) is 17.8 Å². The number of carbonyl (C=O) groups is 1. The number of piperidine rings is 1. The van der Waals surface area contributed by atoms with E-state index in [9.17, 15) is 4.79 Å². The van der Waals surface area contributed by atoms with Gasteiger partial charge in [-0.05, 0) is 37.6 Å². The Bertz CT molecular complexity index is 333. The molecular formula is C15H28ClN3O. The molecule has 3 atom stereocenters. The number of halogens is 1. The summed E-state index contributed by atoms with van der Waals surface area (Å²) in [5.74, 6) is 2.51. The minimum atomic E-state index is 0. The van der Waals surface area contributed by atoms with Crippen LogP contribution in [0.4, 0.5) is 0 Å². The minimum absolute atomic E-state index is 0. The molecular weight excluding hydrogens is 274 g/mol. The van der Waals surface area contributed by atoms with Crippen molar-refractivity contribution >= 4 is 18.3 Å². The average molecular weight is 302 g/mol. The summed E-state index contributed by atoms with van der Waals surface area (Å²) < 4.78 is 0. The first-order valence-corrected chi connectivity index (χ1v) is 7.96. The quantitative estimate of drug-likeness (QED) is 0.851. The van der Waals surface area contributed by atoms with Gasteiger partial charge in [0.25, 0.3) is 0 Å². The second-order valence-corrected chi connectivity index (χ2v) is 6.65. The van der Waals surface area contributed by atoms with Crippen molar-refractivity contribution < 1.29 is 4.79 Å². The first-order valence-electron chi connectivity index (χ1n) is 7.96. The van der Waals surface area contributed by atoms with E-state index >= 15 is 0 Å². The van der Waals surface area contributed by atoms with Crippen molar-refractivity contribution in [2.45, 2.75) is 26.2 Å². The lowest BCUT2D eigenvalue weighted by Gasteiger charge is -2.36. The summed E-state index contributed by atoms with van der Waals surface area (Å²) in [6, 6.07) is 0. The summed E-state index contributed by atoms with van der Waals surface area (Å²) >= 11 is 0.